The van der Waals surface area contributed by atoms with Crippen LogP contribution < -0.4 is 0 Å². The molecule has 0 aliphatic carbocycles. The van der Waals surface area contributed by atoms with E-state index in [0.717, 1.165) is 10.0 Å². The summed E-state index contributed by atoms with van der Waals surface area (Å²) in [4.78, 5) is 13.0. The predicted octanol–water partition coefficient (Wildman–Crippen LogP) is 5.12. The first-order chi connectivity index (χ1) is 9.54. The zero-order valence-electron chi connectivity index (χ0n) is 11.3. The second-order valence-corrected chi connectivity index (χ2v) is 6.62. The highest BCUT2D eigenvalue weighted by atomic mass is 79.9. The standard InChI is InChI=1S/C16H14BrNOS/c1-10(2)11-3-5-12(6-4-11)13(9-18)15(19)16-14(17)7-8-20-16/h3-8,10,13H,1-2H3. The Hall–Kier alpha value is -1.44. The fourth-order valence-electron chi connectivity index (χ4n) is 1.96. The van der Waals surface area contributed by atoms with Gasteiger partial charge in [0.25, 0.3) is 0 Å². The summed E-state index contributed by atoms with van der Waals surface area (Å²) in [6.45, 7) is 4.23. The van der Waals surface area contributed by atoms with Crippen LogP contribution in [0, 0.1) is 11.3 Å². The van der Waals surface area contributed by atoms with Crippen molar-refractivity contribution in [3.8, 4) is 6.07 Å². The first-order valence-corrected chi connectivity index (χ1v) is 7.98. The van der Waals surface area contributed by atoms with E-state index < -0.39 is 5.92 Å². The minimum Gasteiger partial charge on any atom is -0.291 e. The molecule has 1 unspecified atom stereocenters. The van der Waals surface area contributed by atoms with Crippen LogP contribution in [-0.2, 0) is 0 Å². The van der Waals surface area contributed by atoms with Gasteiger partial charge in [-0.3, -0.25) is 4.79 Å². The van der Waals surface area contributed by atoms with Crippen LogP contribution >= 0.6 is 27.3 Å². The van der Waals surface area contributed by atoms with E-state index in [1.54, 1.807) is 0 Å². The highest BCUT2D eigenvalue weighted by Crippen LogP contribution is 2.29. The van der Waals surface area contributed by atoms with Gasteiger partial charge in [0.15, 0.2) is 5.78 Å². The van der Waals surface area contributed by atoms with Crippen LogP contribution in [0.3, 0.4) is 0 Å². The summed E-state index contributed by atoms with van der Waals surface area (Å²) in [5.74, 6) is -0.454. The van der Waals surface area contributed by atoms with Crippen LogP contribution in [0.4, 0.5) is 0 Å². The van der Waals surface area contributed by atoms with E-state index in [2.05, 4.69) is 35.8 Å². The second kappa shape index (κ2) is 6.34. The SMILES string of the molecule is CC(C)c1ccc(C(C#N)C(=O)c2sccc2Br)cc1. The number of rotatable bonds is 4. The van der Waals surface area contributed by atoms with Gasteiger partial charge in [0.1, 0.15) is 5.92 Å². The molecule has 1 aromatic carbocycles. The molecule has 0 amide bonds. The van der Waals surface area contributed by atoms with E-state index in [-0.39, 0.29) is 5.78 Å². The molecular weight excluding hydrogens is 334 g/mol. The summed E-state index contributed by atoms with van der Waals surface area (Å²) in [5.41, 5.74) is 1.96. The van der Waals surface area contributed by atoms with Gasteiger partial charge in [-0.2, -0.15) is 5.26 Å². The third-order valence-corrected chi connectivity index (χ3v) is 5.02. The van der Waals surface area contributed by atoms with Gasteiger partial charge in [-0.25, -0.2) is 0 Å². The molecular formula is C16H14BrNOS. The first-order valence-electron chi connectivity index (χ1n) is 6.31. The number of ketones is 1. The summed E-state index contributed by atoms with van der Waals surface area (Å²) in [6.07, 6.45) is 0. The van der Waals surface area contributed by atoms with Crippen molar-refractivity contribution in [2.75, 3.05) is 0 Å². The summed E-state index contributed by atoms with van der Waals surface area (Å²) in [6, 6.07) is 11.7. The molecule has 2 rings (SSSR count). The van der Waals surface area contributed by atoms with Gasteiger partial charge >= 0.3 is 0 Å². The maximum Gasteiger partial charge on any atom is 0.195 e. The Morgan fingerprint density at radius 1 is 1.20 bits per heavy atom. The molecule has 1 heterocycles. The Kier molecular flexibility index (Phi) is 4.74. The summed E-state index contributed by atoms with van der Waals surface area (Å²) in [7, 11) is 0. The molecule has 0 bridgehead atoms. The number of thiophene rings is 1. The van der Waals surface area contributed by atoms with Crippen LogP contribution in [-0.4, -0.2) is 5.78 Å². The molecule has 2 nitrogen and oxygen atoms in total. The fraction of sp³-hybridized carbons (Fsp3) is 0.250. The highest BCUT2D eigenvalue weighted by molar-refractivity contribution is 9.10. The quantitative estimate of drug-likeness (QED) is 0.719. The van der Waals surface area contributed by atoms with Gasteiger partial charge in [-0.15, -0.1) is 11.3 Å². The summed E-state index contributed by atoms with van der Waals surface area (Å²) in [5, 5.41) is 11.2. The number of nitrogens with zero attached hydrogens (tertiary/aromatic N) is 1. The molecule has 0 spiro atoms. The number of carbonyl (C=O) groups is 1. The average molecular weight is 348 g/mol. The number of hydrogen-bond acceptors (Lipinski definition) is 3. The van der Waals surface area contributed by atoms with Crippen molar-refractivity contribution in [3.05, 3.63) is 56.2 Å². The normalized spacial score (nSPS) is 12.2. The van der Waals surface area contributed by atoms with Crippen molar-refractivity contribution < 1.29 is 4.79 Å². The minimum atomic E-state index is -0.744. The lowest BCUT2D eigenvalue weighted by Crippen LogP contribution is -2.10. The number of Topliss-reactive ketones (excluding diaryl/α,β-unsaturated/α-hetero) is 1. The molecule has 0 aliphatic rings. The lowest BCUT2D eigenvalue weighted by atomic mass is 9.92. The number of benzene rings is 1. The minimum absolute atomic E-state index is 0.147. The zero-order valence-corrected chi connectivity index (χ0v) is 13.7. The molecule has 1 atom stereocenters. The Labute approximate surface area is 131 Å². The Balaban J connectivity index is 2.31. The van der Waals surface area contributed by atoms with Crippen LogP contribution in [0.15, 0.2) is 40.2 Å². The Morgan fingerprint density at radius 3 is 2.25 bits per heavy atom. The number of halogens is 1. The molecule has 0 saturated carbocycles. The van der Waals surface area contributed by atoms with Crippen LogP contribution in [0.5, 0.6) is 0 Å². The van der Waals surface area contributed by atoms with E-state index in [1.165, 1.54) is 16.9 Å². The van der Waals surface area contributed by atoms with Gasteiger partial charge < -0.3 is 0 Å². The van der Waals surface area contributed by atoms with Crippen molar-refractivity contribution >= 4 is 33.0 Å². The molecule has 0 N–H and O–H groups in total. The number of carbonyl (C=O) groups excluding carboxylic acids is 1. The Bertz CT molecular complexity index is 652. The smallest absolute Gasteiger partial charge is 0.195 e. The van der Waals surface area contributed by atoms with Gasteiger partial charge in [0, 0.05) is 4.47 Å². The van der Waals surface area contributed by atoms with Crippen LogP contribution in [0.25, 0.3) is 0 Å². The molecule has 0 aliphatic heterocycles. The molecule has 0 saturated heterocycles. The number of hydrogen-bond donors (Lipinski definition) is 0. The van der Waals surface area contributed by atoms with E-state index in [4.69, 9.17) is 0 Å². The summed E-state index contributed by atoms with van der Waals surface area (Å²) < 4.78 is 0.756. The van der Waals surface area contributed by atoms with E-state index in [1.807, 2.05) is 35.7 Å². The van der Waals surface area contributed by atoms with Crippen LogP contribution in [0.1, 0.15) is 46.5 Å². The monoisotopic (exact) mass is 347 g/mol. The number of nitriles is 1. The van der Waals surface area contributed by atoms with Crippen molar-refractivity contribution in [3.63, 3.8) is 0 Å². The van der Waals surface area contributed by atoms with Gasteiger partial charge in [0.2, 0.25) is 0 Å². The highest BCUT2D eigenvalue weighted by Gasteiger charge is 2.24. The van der Waals surface area contributed by atoms with E-state index in [0.29, 0.717) is 10.8 Å². The maximum atomic E-state index is 12.4. The molecule has 2 aromatic rings. The lowest BCUT2D eigenvalue weighted by Gasteiger charge is -2.10. The molecule has 0 radical (unpaired) electrons. The first kappa shape index (κ1) is 15.0. The van der Waals surface area contributed by atoms with Gasteiger partial charge in [-0.1, -0.05) is 38.1 Å². The van der Waals surface area contributed by atoms with Crippen molar-refractivity contribution in [1.82, 2.24) is 0 Å². The van der Waals surface area contributed by atoms with Crippen molar-refractivity contribution in [2.45, 2.75) is 25.7 Å². The zero-order chi connectivity index (χ0) is 14.7. The average Bonchev–Trinajstić information content (AvgIpc) is 2.86. The molecule has 4 heteroatoms. The molecule has 1 aromatic heterocycles. The van der Waals surface area contributed by atoms with Gasteiger partial charge in [0.05, 0.1) is 10.9 Å². The molecule has 20 heavy (non-hydrogen) atoms. The molecule has 102 valence electrons. The summed E-state index contributed by atoms with van der Waals surface area (Å²) >= 11 is 4.70. The largest absolute Gasteiger partial charge is 0.291 e. The topological polar surface area (TPSA) is 40.9 Å². The molecule has 0 fully saturated rings. The third-order valence-electron chi connectivity index (χ3n) is 3.17. The van der Waals surface area contributed by atoms with E-state index in [9.17, 15) is 10.1 Å². The van der Waals surface area contributed by atoms with E-state index >= 15 is 0 Å². The van der Waals surface area contributed by atoms with Crippen molar-refractivity contribution in [2.24, 2.45) is 0 Å². The van der Waals surface area contributed by atoms with Gasteiger partial charge in [-0.05, 0) is 44.4 Å². The van der Waals surface area contributed by atoms with Crippen molar-refractivity contribution in [1.29, 1.82) is 5.26 Å². The lowest BCUT2D eigenvalue weighted by molar-refractivity contribution is 0.0982. The predicted molar refractivity (Wildman–Crippen MR) is 85.2 cm³/mol. The fourth-order valence-corrected chi connectivity index (χ4v) is 3.50. The Morgan fingerprint density at radius 2 is 1.80 bits per heavy atom. The third kappa shape index (κ3) is 3.00. The second-order valence-electron chi connectivity index (χ2n) is 4.85. The maximum absolute atomic E-state index is 12.4. The van der Waals surface area contributed by atoms with Crippen LogP contribution in [0.2, 0.25) is 0 Å².